The van der Waals surface area contributed by atoms with Gasteiger partial charge in [0.25, 0.3) is 0 Å². The van der Waals surface area contributed by atoms with E-state index in [0.717, 1.165) is 22.3 Å². The molecular weight excluding hydrogens is 354 g/mol. The standard InChI is InChI=1S/C23H21NO4/c25-22(26)21(13-15-7-1-2-8-15)24-23(27)28-14-20-18-11-5-3-9-16(18)17-10-4-6-12-19(17)20/h1-12,15,20-21H,13-14H2,(H,24,27)(H,25,26)/t21-/m0/s1. The van der Waals surface area contributed by atoms with Crippen LogP contribution in [0.15, 0.2) is 72.8 Å². The molecule has 1 amide bonds. The summed E-state index contributed by atoms with van der Waals surface area (Å²) in [6, 6.07) is 15.2. The third kappa shape index (κ3) is 3.56. The van der Waals surface area contributed by atoms with Crippen LogP contribution >= 0.6 is 0 Å². The van der Waals surface area contributed by atoms with Crippen LogP contribution in [0.2, 0.25) is 0 Å². The normalized spacial score (nSPS) is 15.9. The number of aliphatic carboxylic acids is 1. The van der Waals surface area contributed by atoms with Crippen molar-refractivity contribution in [2.24, 2.45) is 5.92 Å². The Morgan fingerprint density at radius 2 is 1.54 bits per heavy atom. The third-order valence-electron chi connectivity index (χ3n) is 5.27. The lowest BCUT2D eigenvalue weighted by Crippen LogP contribution is -2.42. The van der Waals surface area contributed by atoms with Crippen molar-refractivity contribution in [1.82, 2.24) is 5.32 Å². The third-order valence-corrected chi connectivity index (χ3v) is 5.27. The number of amides is 1. The van der Waals surface area contributed by atoms with Gasteiger partial charge in [0.1, 0.15) is 12.6 Å². The minimum atomic E-state index is -1.07. The summed E-state index contributed by atoms with van der Waals surface area (Å²) in [6.45, 7) is 0.162. The molecule has 28 heavy (non-hydrogen) atoms. The molecule has 2 N–H and O–H groups in total. The monoisotopic (exact) mass is 375 g/mol. The summed E-state index contributed by atoms with van der Waals surface area (Å²) >= 11 is 0. The van der Waals surface area contributed by atoms with Crippen molar-refractivity contribution in [3.8, 4) is 11.1 Å². The quantitative estimate of drug-likeness (QED) is 0.797. The van der Waals surface area contributed by atoms with Gasteiger partial charge in [0, 0.05) is 5.92 Å². The molecule has 2 aliphatic carbocycles. The number of rotatable bonds is 6. The molecule has 2 aliphatic rings. The maximum absolute atomic E-state index is 12.3. The average molecular weight is 375 g/mol. The highest BCUT2D eigenvalue weighted by Gasteiger charge is 2.30. The molecule has 2 aromatic rings. The molecule has 0 aromatic heterocycles. The van der Waals surface area contributed by atoms with E-state index < -0.39 is 18.1 Å². The average Bonchev–Trinajstić information content (AvgIpc) is 3.32. The Balaban J connectivity index is 1.42. The molecule has 0 unspecified atom stereocenters. The summed E-state index contributed by atoms with van der Waals surface area (Å²) in [5.41, 5.74) is 4.53. The second kappa shape index (κ2) is 7.72. The number of hydrogen-bond acceptors (Lipinski definition) is 3. The molecule has 2 aromatic carbocycles. The highest BCUT2D eigenvalue weighted by atomic mass is 16.5. The number of carbonyl (C=O) groups is 2. The van der Waals surface area contributed by atoms with Crippen molar-refractivity contribution in [3.63, 3.8) is 0 Å². The van der Waals surface area contributed by atoms with Crippen LogP contribution in [0, 0.1) is 5.92 Å². The highest BCUT2D eigenvalue weighted by Crippen LogP contribution is 2.44. The van der Waals surface area contributed by atoms with Gasteiger partial charge in [-0.15, -0.1) is 0 Å². The Morgan fingerprint density at radius 3 is 2.11 bits per heavy atom. The second-order valence-electron chi connectivity index (χ2n) is 7.03. The first-order valence-corrected chi connectivity index (χ1v) is 9.33. The van der Waals surface area contributed by atoms with Crippen LogP contribution in [0.1, 0.15) is 23.5 Å². The van der Waals surface area contributed by atoms with E-state index >= 15 is 0 Å². The largest absolute Gasteiger partial charge is 0.480 e. The molecule has 4 rings (SSSR count). The van der Waals surface area contributed by atoms with Crippen molar-refractivity contribution < 1.29 is 19.4 Å². The van der Waals surface area contributed by atoms with Crippen LogP contribution in [-0.2, 0) is 9.53 Å². The Labute approximate surface area is 163 Å². The molecule has 0 spiro atoms. The van der Waals surface area contributed by atoms with Crippen LogP contribution < -0.4 is 5.32 Å². The number of carbonyl (C=O) groups excluding carboxylic acids is 1. The van der Waals surface area contributed by atoms with Gasteiger partial charge in [0.15, 0.2) is 0 Å². The summed E-state index contributed by atoms with van der Waals surface area (Å²) in [4.78, 5) is 23.8. The summed E-state index contributed by atoms with van der Waals surface area (Å²) in [5, 5.41) is 11.9. The van der Waals surface area contributed by atoms with E-state index in [0.29, 0.717) is 6.42 Å². The minimum absolute atomic E-state index is 0.00925. The first-order chi connectivity index (χ1) is 13.6. The Hall–Kier alpha value is -3.34. The highest BCUT2D eigenvalue weighted by molar-refractivity contribution is 5.81. The summed E-state index contributed by atoms with van der Waals surface area (Å²) < 4.78 is 5.44. The number of nitrogens with one attached hydrogen (secondary N) is 1. The lowest BCUT2D eigenvalue weighted by Gasteiger charge is -2.18. The molecule has 0 saturated heterocycles. The first-order valence-electron chi connectivity index (χ1n) is 9.33. The van der Waals surface area contributed by atoms with E-state index in [1.807, 2.05) is 60.7 Å². The van der Waals surface area contributed by atoms with Crippen molar-refractivity contribution in [3.05, 3.63) is 84.0 Å². The Morgan fingerprint density at radius 1 is 0.964 bits per heavy atom. The number of allylic oxidation sites excluding steroid dienone is 4. The Kier molecular flexibility index (Phi) is 4.98. The minimum Gasteiger partial charge on any atom is -0.480 e. The van der Waals surface area contributed by atoms with Gasteiger partial charge in [-0.25, -0.2) is 9.59 Å². The van der Waals surface area contributed by atoms with E-state index in [1.54, 1.807) is 0 Å². The maximum Gasteiger partial charge on any atom is 0.407 e. The molecule has 5 heteroatoms. The summed E-state index contributed by atoms with van der Waals surface area (Å²) in [6.07, 6.45) is 7.16. The fourth-order valence-corrected chi connectivity index (χ4v) is 3.91. The van der Waals surface area contributed by atoms with E-state index in [4.69, 9.17) is 4.74 Å². The predicted octanol–water partition coefficient (Wildman–Crippen LogP) is 4.11. The maximum atomic E-state index is 12.3. The number of carboxylic acids is 1. The van der Waals surface area contributed by atoms with Crippen LogP contribution in [-0.4, -0.2) is 29.8 Å². The van der Waals surface area contributed by atoms with Gasteiger partial charge in [-0.05, 0) is 34.6 Å². The lowest BCUT2D eigenvalue weighted by atomic mass is 9.98. The molecular formula is C23H21NO4. The van der Waals surface area contributed by atoms with Gasteiger partial charge in [-0.3, -0.25) is 0 Å². The number of alkyl carbamates (subject to hydrolysis) is 1. The van der Waals surface area contributed by atoms with Crippen LogP contribution in [0.5, 0.6) is 0 Å². The van der Waals surface area contributed by atoms with Gasteiger partial charge < -0.3 is 15.2 Å². The van der Waals surface area contributed by atoms with Gasteiger partial charge in [0.2, 0.25) is 0 Å². The molecule has 5 nitrogen and oxygen atoms in total. The zero-order valence-electron chi connectivity index (χ0n) is 15.2. The molecule has 0 fully saturated rings. The predicted molar refractivity (Wildman–Crippen MR) is 106 cm³/mol. The Bertz CT molecular complexity index is 905. The smallest absolute Gasteiger partial charge is 0.407 e. The summed E-state index contributed by atoms with van der Waals surface area (Å²) in [7, 11) is 0. The number of fused-ring (bicyclic) bond motifs is 3. The molecule has 0 saturated carbocycles. The van der Waals surface area contributed by atoms with Gasteiger partial charge >= 0.3 is 12.1 Å². The van der Waals surface area contributed by atoms with Crippen LogP contribution in [0.25, 0.3) is 11.1 Å². The van der Waals surface area contributed by atoms with E-state index in [-0.39, 0.29) is 18.4 Å². The molecule has 1 atom stereocenters. The fraction of sp³-hybridized carbons (Fsp3) is 0.217. The topological polar surface area (TPSA) is 75.6 Å². The van der Waals surface area contributed by atoms with Crippen molar-refractivity contribution >= 4 is 12.1 Å². The molecule has 0 radical (unpaired) electrons. The number of benzene rings is 2. The van der Waals surface area contributed by atoms with E-state index in [1.165, 1.54) is 0 Å². The number of carboxylic acid groups (broad SMARTS) is 1. The van der Waals surface area contributed by atoms with Crippen molar-refractivity contribution in [2.75, 3.05) is 6.61 Å². The van der Waals surface area contributed by atoms with Crippen molar-refractivity contribution in [2.45, 2.75) is 18.4 Å². The molecule has 142 valence electrons. The lowest BCUT2D eigenvalue weighted by molar-refractivity contribution is -0.139. The fourth-order valence-electron chi connectivity index (χ4n) is 3.91. The van der Waals surface area contributed by atoms with E-state index in [2.05, 4.69) is 17.4 Å². The van der Waals surface area contributed by atoms with Gasteiger partial charge in [0.05, 0.1) is 0 Å². The second-order valence-corrected chi connectivity index (χ2v) is 7.03. The molecule has 0 aliphatic heterocycles. The SMILES string of the molecule is O=C(N[C@@H](CC1C=CC=C1)C(=O)O)OCC1c2ccccc2-c2ccccc21. The van der Waals surface area contributed by atoms with Crippen molar-refractivity contribution in [1.29, 1.82) is 0 Å². The van der Waals surface area contributed by atoms with E-state index in [9.17, 15) is 14.7 Å². The molecule has 0 bridgehead atoms. The van der Waals surface area contributed by atoms with Gasteiger partial charge in [-0.2, -0.15) is 0 Å². The first kappa shape index (κ1) is 18.0. The molecule has 0 heterocycles. The summed E-state index contributed by atoms with van der Waals surface area (Å²) in [5.74, 6) is -1.11. The zero-order valence-corrected chi connectivity index (χ0v) is 15.2. The van der Waals surface area contributed by atoms with Crippen LogP contribution in [0.3, 0.4) is 0 Å². The van der Waals surface area contributed by atoms with Crippen LogP contribution in [0.4, 0.5) is 4.79 Å². The number of ether oxygens (including phenoxy) is 1. The zero-order chi connectivity index (χ0) is 19.5. The van der Waals surface area contributed by atoms with Gasteiger partial charge in [-0.1, -0.05) is 72.8 Å². The number of hydrogen-bond donors (Lipinski definition) is 2.